The number of benzene rings is 2. The molecule has 2 aliphatic rings. The van der Waals surface area contributed by atoms with Gasteiger partial charge in [-0.05, 0) is 12.1 Å². The predicted molar refractivity (Wildman–Crippen MR) is 74.2 cm³/mol. The Labute approximate surface area is 117 Å². The van der Waals surface area contributed by atoms with Gasteiger partial charge in [-0.15, -0.1) is 0 Å². The maximum Gasteiger partial charge on any atom is 0.202 e. The van der Waals surface area contributed by atoms with Crippen molar-refractivity contribution in [3.05, 3.63) is 36.4 Å². The summed E-state index contributed by atoms with van der Waals surface area (Å²) in [4.78, 5) is 0. The molecule has 4 rings (SSSR count). The van der Waals surface area contributed by atoms with E-state index in [0.717, 1.165) is 41.9 Å². The van der Waals surface area contributed by atoms with Crippen LogP contribution in [0.3, 0.4) is 0 Å². The SMILES string of the molecule is c1cc(OC2CCO2)c2cccc(OCC3CO3)c2c1. The second-order valence-corrected chi connectivity index (χ2v) is 5.08. The lowest BCUT2D eigenvalue weighted by molar-refractivity contribution is -0.164. The molecule has 104 valence electrons. The Kier molecular flexibility index (Phi) is 2.98. The number of hydrogen-bond donors (Lipinski definition) is 0. The van der Waals surface area contributed by atoms with E-state index in [2.05, 4.69) is 0 Å². The van der Waals surface area contributed by atoms with Crippen LogP contribution in [-0.4, -0.2) is 32.2 Å². The quantitative estimate of drug-likeness (QED) is 0.785. The van der Waals surface area contributed by atoms with Gasteiger partial charge >= 0.3 is 0 Å². The van der Waals surface area contributed by atoms with Crippen LogP contribution >= 0.6 is 0 Å². The van der Waals surface area contributed by atoms with Crippen LogP contribution in [0.15, 0.2) is 36.4 Å². The summed E-state index contributed by atoms with van der Waals surface area (Å²) < 4.78 is 22.2. The zero-order valence-electron chi connectivity index (χ0n) is 11.1. The van der Waals surface area contributed by atoms with Gasteiger partial charge in [0.15, 0.2) is 0 Å². The van der Waals surface area contributed by atoms with Crippen LogP contribution in [0.2, 0.25) is 0 Å². The van der Waals surface area contributed by atoms with E-state index in [1.165, 1.54) is 0 Å². The average Bonchev–Trinajstić information content (AvgIpc) is 3.25. The number of hydrogen-bond acceptors (Lipinski definition) is 4. The Bertz CT molecular complexity index is 617. The Hall–Kier alpha value is -1.78. The highest BCUT2D eigenvalue weighted by atomic mass is 16.7. The van der Waals surface area contributed by atoms with Crippen molar-refractivity contribution < 1.29 is 18.9 Å². The molecule has 0 saturated carbocycles. The summed E-state index contributed by atoms with van der Waals surface area (Å²) in [7, 11) is 0. The smallest absolute Gasteiger partial charge is 0.202 e. The number of fused-ring (bicyclic) bond motifs is 1. The molecular formula is C16H16O4. The van der Waals surface area contributed by atoms with E-state index < -0.39 is 0 Å². The van der Waals surface area contributed by atoms with Crippen LogP contribution in [0.25, 0.3) is 10.8 Å². The van der Waals surface area contributed by atoms with Gasteiger partial charge in [-0.25, -0.2) is 0 Å². The summed E-state index contributed by atoms with van der Waals surface area (Å²) in [6, 6.07) is 12.0. The van der Waals surface area contributed by atoms with Crippen LogP contribution < -0.4 is 9.47 Å². The van der Waals surface area contributed by atoms with E-state index in [9.17, 15) is 0 Å². The van der Waals surface area contributed by atoms with Crippen molar-refractivity contribution >= 4 is 10.8 Å². The maximum absolute atomic E-state index is 5.85. The Morgan fingerprint density at radius 1 is 1.00 bits per heavy atom. The lowest BCUT2D eigenvalue weighted by Gasteiger charge is -2.27. The van der Waals surface area contributed by atoms with Crippen molar-refractivity contribution in [3.8, 4) is 11.5 Å². The second-order valence-electron chi connectivity index (χ2n) is 5.08. The van der Waals surface area contributed by atoms with Gasteiger partial charge in [0, 0.05) is 17.2 Å². The van der Waals surface area contributed by atoms with Gasteiger partial charge in [0.2, 0.25) is 6.29 Å². The number of rotatable bonds is 5. The molecule has 2 atom stereocenters. The highest BCUT2D eigenvalue weighted by Gasteiger charge is 2.24. The lowest BCUT2D eigenvalue weighted by Crippen LogP contribution is -2.32. The number of ether oxygens (including phenoxy) is 4. The van der Waals surface area contributed by atoms with Crippen LogP contribution in [0.4, 0.5) is 0 Å². The molecule has 0 radical (unpaired) electrons. The van der Waals surface area contributed by atoms with Gasteiger partial charge in [0.1, 0.15) is 24.2 Å². The van der Waals surface area contributed by atoms with Gasteiger partial charge in [0.05, 0.1) is 13.2 Å². The standard InChI is InChI=1S/C16H16O4/c1-4-13-12(14(5-1)19-10-11-9-18-11)3-2-6-15(13)20-16-7-8-17-16/h1-6,11,16H,7-10H2. The molecule has 0 bridgehead atoms. The molecular weight excluding hydrogens is 256 g/mol. The predicted octanol–water partition coefficient (Wildman–Crippen LogP) is 2.74. The summed E-state index contributed by atoms with van der Waals surface area (Å²) in [5, 5.41) is 2.11. The first-order valence-corrected chi connectivity index (χ1v) is 6.94. The molecule has 0 aliphatic carbocycles. The second kappa shape index (κ2) is 4.96. The summed E-state index contributed by atoms with van der Waals surface area (Å²) in [6.45, 7) is 2.19. The minimum absolute atomic E-state index is 0.106. The molecule has 4 heteroatoms. The molecule has 2 fully saturated rings. The van der Waals surface area contributed by atoms with Crippen molar-refractivity contribution in [2.45, 2.75) is 18.8 Å². The van der Waals surface area contributed by atoms with Crippen molar-refractivity contribution in [1.29, 1.82) is 0 Å². The minimum atomic E-state index is -0.106. The van der Waals surface area contributed by atoms with Crippen molar-refractivity contribution in [1.82, 2.24) is 0 Å². The molecule has 20 heavy (non-hydrogen) atoms. The van der Waals surface area contributed by atoms with Crippen molar-refractivity contribution in [2.75, 3.05) is 19.8 Å². The minimum Gasteiger partial charge on any atom is -0.490 e. The largest absolute Gasteiger partial charge is 0.490 e. The van der Waals surface area contributed by atoms with E-state index >= 15 is 0 Å². The van der Waals surface area contributed by atoms with Gasteiger partial charge in [-0.1, -0.05) is 24.3 Å². The van der Waals surface area contributed by atoms with Gasteiger partial charge in [-0.3, -0.25) is 0 Å². The molecule has 0 aromatic heterocycles. The first kappa shape index (κ1) is 12.0. The van der Waals surface area contributed by atoms with E-state index in [1.807, 2.05) is 36.4 Å². The first-order chi connectivity index (χ1) is 9.90. The highest BCUT2D eigenvalue weighted by Crippen LogP contribution is 2.34. The monoisotopic (exact) mass is 272 g/mol. The Balaban J connectivity index is 1.64. The Morgan fingerprint density at radius 3 is 2.35 bits per heavy atom. The first-order valence-electron chi connectivity index (χ1n) is 6.94. The third-order valence-corrected chi connectivity index (χ3v) is 3.58. The topological polar surface area (TPSA) is 40.2 Å². The fourth-order valence-electron chi connectivity index (χ4n) is 2.28. The highest BCUT2D eigenvalue weighted by molar-refractivity contribution is 5.93. The lowest BCUT2D eigenvalue weighted by atomic mass is 10.1. The number of epoxide rings is 1. The van der Waals surface area contributed by atoms with Crippen LogP contribution in [0.1, 0.15) is 6.42 Å². The van der Waals surface area contributed by atoms with E-state index in [4.69, 9.17) is 18.9 Å². The van der Waals surface area contributed by atoms with Crippen LogP contribution in [0, 0.1) is 0 Å². The molecule has 2 saturated heterocycles. The Morgan fingerprint density at radius 2 is 1.70 bits per heavy atom. The zero-order chi connectivity index (χ0) is 13.4. The third-order valence-electron chi connectivity index (χ3n) is 3.58. The molecule has 2 aromatic carbocycles. The molecule has 4 nitrogen and oxygen atoms in total. The van der Waals surface area contributed by atoms with E-state index in [1.54, 1.807) is 0 Å². The summed E-state index contributed by atoms with van der Waals surface area (Å²) >= 11 is 0. The maximum atomic E-state index is 5.85. The molecule has 2 unspecified atom stereocenters. The fourth-order valence-corrected chi connectivity index (χ4v) is 2.28. The van der Waals surface area contributed by atoms with Gasteiger partial charge in [-0.2, -0.15) is 0 Å². The van der Waals surface area contributed by atoms with E-state index in [0.29, 0.717) is 6.61 Å². The molecule has 0 N–H and O–H groups in total. The average molecular weight is 272 g/mol. The van der Waals surface area contributed by atoms with Gasteiger partial charge < -0.3 is 18.9 Å². The molecule has 2 aliphatic heterocycles. The molecule has 0 spiro atoms. The molecule has 2 aromatic rings. The summed E-state index contributed by atoms with van der Waals surface area (Å²) in [6.07, 6.45) is 1.10. The van der Waals surface area contributed by atoms with Crippen LogP contribution in [0.5, 0.6) is 11.5 Å². The summed E-state index contributed by atoms with van der Waals surface area (Å²) in [5.41, 5.74) is 0. The summed E-state index contributed by atoms with van der Waals surface area (Å²) in [5.74, 6) is 1.72. The fraction of sp³-hybridized carbons (Fsp3) is 0.375. The molecule has 2 heterocycles. The normalized spacial score (nSPS) is 24.2. The van der Waals surface area contributed by atoms with Crippen molar-refractivity contribution in [3.63, 3.8) is 0 Å². The van der Waals surface area contributed by atoms with Gasteiger partial charge in [0.25, 0.3) is 0 Å². The zero-order valence-corrected chi connectivity index (χ0v) is 11.1. The van der Waals surface area contributed by atoms with E-state index in [-0.39, 0.29) is 12.4 Å². The third kappa shape index (κ3) is 2.32. The molecule has 0 amide bonds. The van der Waals surface area contributed by atoms with Crippen molar-refractivity contribution in [2.24, 2.45) is 0 Å². The van der Waals surface area contributed by atoms with Crippen LogP contribution in [-0.2, 0) is 9.47 Å².